The van der Waals surface area contributed by atoms with Gasteiger partial charge >= 0.3 is 13.1 Å². The maximum Gasteiger partial charge on any atom is 0.488 e. The van der Waals surface area contributed by atoms with Gasteiger partial charge in [-0.3, -0.25) is 4.98 Å². The average Bonchev–Trinajstić information content (AvgIpc) is 2.40. The van der Waals surface area contributed by atoms with E-state index in [-0.39, 0.29) is 11.0 Å². The van der Waals surface area contributed by atoms with Crippen LogP contribution in [0.5, 0.6) is 5.75 Å². The Kier molecular flexibility index (Phi) is 3.71. The number of aromatic nitrogens is 1. The number of benzene rings is 1. The van der Waals surface area contributed by atoms with Crippen molar-refractivity contribution in [3.05, 3.63) is 54.4 Å². The van der Waals surface area contributed by atoms with Gasteiger partial charge in [0, 0.05) is 12.4 Å². The van der Waals surface area contributed by atoms with E-state index in [1.165, 1.54) is 30.6 Å². The number of hydrogen-bond acceptors (Lipinski definition) is 5. The van der Waals surface area contributed by atoms with Crippen LogP contribution < -0.4 is 10.2 Å². The van der Waals surface area contributed by atoms with Crippen molar-refractivity contribution in [2.24, 2.45) is 0 Å². The van der Waals surface area contributed by atoms with Crippen LogP contribution in [0.25, 0.3) is 0 Å². The van der Waals surface area contributed by atoms with Gasteiger partial charge in [-0.1, -0.05) is 12.1 Å². The largest absolute Gasteiger partial charge is 0.488 e. The molecule has 0 aliphatic carbocycles. The molecule has 0 atom stereocenters. The predicted octanol–water partition coefficient (Wildman–Crippen LogP) is -0.0194. The monoisotopic (exact) mass is 243 g/mol. The summed E-state index contributed by atoms with van der Waals surface area (Å²) in [5.41, 5.74) is 0.483. The second-order valence-electron chi connectivity index (χ2n) is 3.57. The molecule has 0 aliphatic heterocycles. The molecule has 0 radical (unpaired) electrons. The standard InChI is InChI=1S/C12H10BNO4/c15-12(18-11-4-6-14-7-5-11)9-2-1-3-10(8-9)13(16)17/h1-8,16-17H. The van der Waals surface area contributed by atoms with Gasteiger partial charge in [-0.25, -0.2) is 4.79 Å². The number of pyridine rings is 1. The van der Waals surface area contributed by atoms with Crippen molar-refractivity contribution in [2.75, 3.05) is 0 Å². The minimum absolute atomic E-state index is 0.235. The Hall–Kier alpha value is -2.18. The first kappa shape index (κ1) is 12.3. The van der Waals surface area contributed by atoms with Gasteiger partial charge in [0.1, 0.15) is 5.75 Å². The fourth-order valence-corrected chi connectivity index (χ4v) is 1.40. The van der Waals surface area contributed by atoms with Gasteiger partial charge in [0.25, 0.3) is 0 Å². The number of hydrogen-bond donors (Lipinski definition) is 2. The molecule has 18 heavy (non-hydrogen) atoms. The highest BCUT2D eigenvalue weighted by molar-refractivity contribution is 6.58. The SMILES string of the molecule is O=C(Oc1ccncc1)c1cccc(B(O)O)c1. The van der Waals surface area contributed by atoms with Crippen LogP contribution in [0.2, 0.25) is 0 Å². The molecule has 0 fully saturated rings. The molecule has 0 aliphatic rings. The highest BCUT2D eigenvalue weighted by Gasteiger charge is 2.14. The molecule has 0 spiro atoms. The van der Waals surface area contributed by atoms with E-state index in [2.05, 4.69) is 4.98 Å². The first-order valence-electron chi connectivity index (χ1n) is 5.25. The Bertz CT molecular complexity index is 545. The third kappa shape index (κ3) is 2.94. The van der Waals surface area contributed by atoms with Crippen LogP contribution in [0, 0.1) is 0 Å². The van der Waals surface area contributed by atoms with Crippen LogP contribution in [0.4, 0.5) is 0 Å². The Labute approximate surface area is 104 Å². The zero-order valence-electron chi connectivity index (χ0n) is 9.35. The lowest BCUT2D eigenvalue weighted by Crippen LogP contribution is -2.30. The summed E-state index contributed by atoms with van der Waals surface area (Å²) in [4.78, 5) is 15.6. The van der Waals surface area contributed by atoms with Gasteiger partial charge in [-0.2, -0.15) is 0 Å². The molecule has 2 rings (SSSR count). The molecule has 0 unspecified atom stereocenters. The number of rotatable bonds is 3. The molecule has 0 saturated carbocycles. The number of carbonyl (C=O) groups excluding carboxylic acids is 1. The lowest BCUT2D eigenvalue weighted by atomic mass is 9.80. The van der Waals surface area contributed by atoms with E-state index < -0.39 is 13.1 Å². The first-order chi connectivity index (χ1) is 8.66. The fraction of sp³-hybridized carbons (Fsp3) is 0. The zero-order chi connectivity index (χ0) is 13.0. The highest BCUT2D eigenvalue weighted by atomic mass is 16.5. The topological polar surface area (TPSA) is 79.7 Å². The minimum Gasteiger partial charge on any atom is -0.423 e. The summed E-state index contributed by atoms with van der Waals surface area (Å²) >= 11 is 0. The summed E-state index contributed by atoms with van der Waals surface area (Å²) in [5, 5.41) is 18.0. The van der Waals surface area contributed by atoms with Gasteiger partial charge in [0.2, 0.25) is 0 Å². The molecule has 0 bridgehead atoms. The van der Waals surface area contributed by atoms with Crippen molar-refractivity contribution in [3.8, 4) is 5.75 Å². The smallest absolute Gasteiger partial charge is 0.423 e. The lowest BCUT2D eigenvalue weighted by molar-refractivity contribution is 0.0735. The number of ether oxygens (including phenoxy) is 1. The second kappa shape index (κ2) is 5.44. The minimum atomic E-state index is -1.61. The van der Waals surface area contributed by atoms with Crippen LogP contribution in [0.15, 0.2) is 48.8 Å². The molecular weight excluding hydrogens is 233 g/mol. The summed E-state index contributed by atoms with van der Waals surface area (Å²) in [6, 6.07) is 9.08. The maximum absolute atomic E-state index is 11.8. The average molecular weight is 243 g/mol. The third-order valence-corrected chi connectivity index (χ3v) is 2.28. The van der Waals surface area contributed by atoms with E-state index in [1.54, 1.807) is 18.2 Å². The molecule has 2 N–H and O–H groups in total. The Morgan fingerprint density at radius 3 is 2.56 bits per heavy atom. The van der Waals surface area contributed by atoms with Gasteiger partial charge in [0.15, 0.2) is 0 Å². The number of carbonyl (C=O) groups is 1. The van der Waals surface area contributed by atoms with E-state index in [0.717, 1.165) is 0 Å². The van der Waals surface area contributed by atoms with Gasteiger partial charge < -0.3 is 14.8 Å². The highest BCUT2D eigenvalue weighted by Crippen LogP contribution is 2.10. The van der Waals surface area contributed by atoms with Crippen molar-refractivity contribution in [1.29, 1.82) is 0 Å². The first-order valence-corrected chi connectivity index (χ1v) is 5.25. The van der Waals surface area contributed by atoms with E-state index >= 15 is 0 Å². The van der Waals surface area contributed by atoms with Crippen molar-refractivity contribution in [1.82, 2.24) is 4.98 Å². The summed E-state index contributed by atoms with van der Waals surface area (Å²) in [6.45, 7) is 0. The van der Waals surface area contributed by atoms with Crippen molar-refractivity contribution >= 4 is 18.6 Å². The van der Waals surface area contributed by atoms with E-state index in [0.29, 0.717) is 5.75 Å². The lowest BCUT2D eigenvalue weighted by Gasteiger charge is -2.05. The van der Waals surface area contributed by atoms with Crippen LogP contribution in [0.3, 0.4) is 0 Å². The fourth-order valence-electron chi connectivity index (χ4n) is 1.40. The summed E-state index contributed by atoms with van der Waals surface area (Å²) in [6.07, 6.45) is 3.02. The molecule has 1 aromatic carbocycles. The van der Waals surface area contributed by atoms with Crippen LogP contribution in [0.1, 0.15) is 10.4 Å². The predicted molar refractivity (Wildman–Crippen MR) is 65.5 cm³/mol. The summed E-state index contributed by atoms with van der Waals surface area (Å²) < 4.78 is 5.09. The molecule has 5 nitrogen and oxygen atoms in total. The van der Waals surface area contributed by atoms with Gasteiger partial charge in [-0.15, -0.1) is 0 Å². The van der Waals surface area contributed by atoms with E-state index in [9.17, 15) is 4.79 Å². The van der Waals surface area contributed by atoms with Crippen LogP contribution >= 0.6 is 0 Å². The molecule has 0 amide bonds. The molecule has 1 aromatic heterocycles. The molecule has 6 heteroatoms. The summed E-state index contributed by atoms with van der Waals surface area (Å²) in [5.74, 6) is -0.186. The van der Waals surface area contributed by atoms with E-state index in [1.807, 2.05) is 0 Å². The molecule has 2 aromatic rings. The zero-order valence-corrected chi connectivity index (χ0v) is 9.35. The van der Waals surface area contributed by atoms with Crippen LogP contribution in [-0.4, -0.2) is 28.1 Å². The Morgan fingerprint density at radius 2 is 1.89 bits per heavy atom. The Morgan fingerprint density at radius 1 is 1.17 bits per heavy atom. The number of nitrogens with zero attached hydrogens (tertiary/aromatic N) is 1. The van der Waals surface area contributed by atoms with Crippen molar-refractivity contribution in [2.45, 2.75) is 0 Å². The van der Waals surface area contributed by atoms with Gasteiger partial charge in [0.05, 0.1) is 5.56 Å². The van der Waals surface area contributed by atoms with E-state index in [4.69, 9.17) is 14.8 Å². The molecular formula is C12H10BNO4. The summed E-state index contributed by atoms with van der Waals surface area (Å²) in [7, 11) is -1.61. The maximum atomic E-state index is 11.8. The normalized spacial score (nSPS) is 9.89. The second-order valence-corrected chi connectivity index (χ2v) is 3.57. The van der Waals surface area contributed by atoms with Gasteiger partial charge in [-0.05, 0) is 29.7 Å². The number of esters is 1. The quantitative estimate of drug-likeness (QED) is 0.585. The van der Waals surface area contributed by atoms with Crippen LogP contribution in [-0.2, 0) is 0 Å². The Balaban J connectivity index is 2.16. The molecule has 1 heterocycles. The van der Waals surface area contributed by atoms with Crippen molar-refractivity contribution in [3.63, 3.8) is 0 Å². The molecule has 90 valence electrons. The van der Waals surface area contributed by atoms with Crippen molar-refractivity contribution < 1.29 is 19.6 Å². The third-order valence-electron chi connectivity index (χ3n) is 2.28. The molecule has 0 saturated heterocycles.